The van der Waals surface area contributed by atoms with Crippen LogP contribution in [-0.4, -0.2) is 12.0 Å². The molecule has 0 spiro atoms. The van der Waals surface area contributed by atoms with Crippen LogP contribution in [-0.2, 0) is 0 Å². The third kappa shape index (κ3) is 2.05. The van der Waals surface area contributed by atoms with Crippen LogP contribution in [0.3, 0.4) is 0 Å². The van der Waals surface area contributed by atoms with Crippen molar-refractivity contribution in [1.82, 2.24) is 10.3 Å². The summed E-state index contributed by atoms with van der Waals surface area (Å²) in [6.07, 6.45) is 0. The van der Waals surface area contributed by atoms with E-state index in [-0.39, 0.29) is 5.41 Å². The molecular formula is C9H16N2S. The van der Waals surface area contributed by atoms with Crippen LogP contribution in [0.15, 0.2) is 10.9 Å². The summed E-state index contributed by atoms with van der Waals surface area (Å²) < 4.78 is 0. The van der Waals surface area contributed by atoms with Gasteiger partial charge in [-0.1, -0.05) is 20.8 Å². The lowest BCUT2D eigenvalue weighted by Gasteiger charge is -2.28. The standard InChI is InChI=1S/C9H16N2S/c1-9(2,3)8(10-4)7-5-12-6-11-7/h5-6,8,10H,1-4H3. The minimum Gasteiger partial charge on any atom is -0.311 e. The highest BCUT2D eigenvalue weighted by atomic mass is 32.1. The van der Waals surface area contributed by atoms with Gasteiger partial charge in [-0.05, 0) is 12.5 Å². The van der Waals surface area contributed by atoms with Gasteiger partial charge in [-0.15, -0.1) is 11.3 Å². The summed E-state index contributed by atoms with van der Waals surface area (Å²) in [5.74, 6) is 0. The molecule has 12 heavy (non-hydrogen) atoms. The Kier molecular flexibility index (Phi) is 2.85. The second kappa shape index (κ2) is 3.54. The van der Waals surface area contributed by atoms with Crippen molar-refractivity contribution in [3.63, 3.8) is 0 Å². The first-order valence-electron chi connectivity index (χ1n) is 4.11. The van der Waals surface area contributed by atoms with Crippen molar-refractivity contribution in [3.05, 3.63) is 16.6 Å². The van der Waals surface area contributed by atoms with E-state index in [4.69, 9.17) is 0 Å². The highest BCUT2D eigenvalue weighted by molar-refractivity contribution is 7.07. The van der Waals surface area contributed by atoms with E-state index in [0.29, 0.717) is 6.04 Å². The van der Waals surface area contributed by atoms with Crippen LogP contribution in [0.2, 0.25) is 0 Å². The molecule has 1 unspecified atom stereocenters. The predicted octanol–water partition coefficient (Wildman–Crippen LogP) is 2.45. The first kappa shape index (κ1) is 9.68. The van der Waals surface area contributed by atoms with Crippen molar-refractivity contribution in [2.24, 2.45) is 5.41 Å². The molecule has 68 valence electrons. The van der Waals surface area contributed by atoms with Crippen LogP contribution < -0.4 is 5.32 Å². The number of rotatable bonds is 2. The van der Waals surface area contributed by atoms with E-state index >= 15 is 0 Å². The van der Waals surface area contributed by atoms with Crippen LogP contribution in [0.25, 0.3) is 0 Å². The number of nitrogens with one attached hydrogen (secondary N) is 1. The minimum atomic E-state index is 0.225. The van der Waals surface area contributed by atoms with Crippen molar-refractivity contribution in [2.45, 2.75) is 26.8 Å². The predicted molar refractivity (Wildman–Crippen MR) is 53.4 cm³/mol. The zero-order valence-corrected chi connectivity index (χ0v) is 8.90. The molecule has 0 aromatic carbocycles. The van der Waals surface area contributed by atoms with Gasteiger partial charge in [0.1, 0.15) is 0 Å². The number of hydrogen-bond donors (Lipinski definition) is 1. The summed E-state index contributed by atoms with van der Waals surface area (Å²) >= 11 is 1.65. The zero-order chi connectivity index (χ0) is 9.19. The molecule has 0 aliphatic rings. The summed E-state index contributed by atoms with van der Waals surface area (Å²) in [4.78, 5) is 4.31. The Bertz CT molecular complexity index is 223. The molecule has 2 nitrogen and oxygen atoms in total. The van der Waals surface area contributed by atoms with E-state index in [0.717, 1.165) is 5.69 Å². The largest absolute Gasteiger partial charge is 0.311 e. The van der Waals surface area contributed by atoms with Crippen LogP contribution >= 0.6 is 11.3 Å². The fourth-order valence-corrected chi connectivity index (χ4v) is 1.97. The minimum absolute atomic E-state index is 0.225. The van der Waals surface area contributed by atoms with E-state index in [1.807, 2.05) is 12.6 Å². The lowest BCUT2D eigenvalue weighted by Crippen LogP contribution is -2.29. The molecular weight excluding hydrogens is 168 g/mol. The van der Waals surface area contributed by atoms with E-state index < -0.39 is 0 Å². The van der Waals surface area contributed by atoms with Crippen molar-refractivity contribution < 1.29 is 0 Å². The number of aromatic nitrogens is 1. The smallest absolute Gasteiger partial charge is 0.0795 e. The maximum absolute atomic E-state index is 4.31. The summed E-state index contributed by atoms with van der Waals surface area (Å²) in [6.45, 7) is 6.65. The first-order valence-corrected chi connectivity index (χ1v) is 5.05. The summed E-state index contributed by atoms with van der Waals surface area (Å²) in [5, 5.41) is 5.39. The second-order valence-electron chi connectivity index (χ2n) is 4.00. The average Bonchev–Trinajstić information content (AvgIpc) is 2.38. The Morgan fingerprint density at radius 2 is 2.17 bits per heavy atom. The summed E-state index contributed by atoms with van der Waals surface area (Å²) in [5.41, 5.74) is 3.25. The normalized spacial score (nSPS) is 14.7. The molecule has 1 rings (SSSR count). The van der Waals surface area contributed by atoms with Crippen molar-refractivity contribution in [2.75, 3.05) is 7.05 Å². The Morgan fingerprint density at radius 1 is 1.50 bits per heavy atom. The molecule has 0 aliphatic carbocycles. The highest BCUT2D eigenvalue weighted by Crippen LogP contribution is 2.31. The SMILES string of the molecule is CNC(c1cscn1)C(C)(C)C. The molecule has 0 radical (unpaired) electrons. The Labute approximate surface area is 78.0 Å². The van der Waals surface area contributed by atoms with E-state index in [1.54, 1.807) is 11.3 Å². The van der Waals surface area contributed by atoms with E-state index in [9.17, 15) is 0 Å². The quantitative estimate of drug-likeness (QED) is 0.763. The van der Waals surface area contributed by atoms with Gasteiger partial charge in [-0.2, -0.15) is 0 Å². The molecule has 0 bridgehead atoms. The topological polar surface area (TPSA) is 24.9 Å². The third-order valence-corrected chi connectivity index (χ3v) is 2.51. The van der Waals surface area contributed by atoms with Crippen LogP contribution in [0, 0.1) is 5.41 Å². The van der Waals surface area contributed by atoms with Gasteiger partial charge in [0.2, 0.25) is 0 Å². The van der Waals surface area contributed by atoms with Gasteiger partial charge in [-0.25, -0.2) is 4.98 Å². The Morgan fingerprint density at radius 3 is 2.50 bits per heavy atom. The van der Waals surface area contributed by atoms with E-state index in [1.165, 1.54) is 0 Å². The van der Waals surface area contributed by atoms with Gasteiger partial charge in [0, 0.05) is 5.38 Å². The molecule has 0 fully saturated rings. The highest BCUT2D eigenvalue weighted by Gasteiger charge is 2.25. The second-order valence-corrected chi connectivity index (χ2v) is 4.72. The van der Waals surface area contributed by atoms with Crippen LogP contribution in [0.4, 0.5) is 0 Å². The third-order valence-electron chi connectivity index (χ3n) is 1.90. The maximum Gasteiger partial charge on any atom is 0.0795 e. The molecule has 0 aliphatic heterocycles. The number of nitrogens with zero attached hydrogens (tertiary/aromatic N) is 1. The Hall–Kier alpha value is -0.410. The lowest BCUT2D eigenvalue weighted by molar-refractivity contribution is 0.282. The lowest BCUT2D eigenvalue weighted by atomic mass is 9.85. The van der Waals surface area contributed by atoms with Gasteiger partial charge < -0.3 is 5.32 Å². The molecule has 0 amide bonds. The zero-order valence-electron chi connectivity index (χ0n) is 8.09. The molecule has 1 aromatic rings. The van der Waals surface area contributed by atoms with Crippen molar-refractivity contribution >= 4 is 11.3 Å². The molecule has 1 aromatic heterocycles. The fourth-order valence-electron chi connectivity index (χ4n) is 1.39. The van der Waals surface area contributed by atoms with E-state index in [2.05, 4.69) is 36.5 Å². The van der Waals surface area contributed by atoms with Gasteiger partial charge in [0.05, 0.1) is 17.2 Å². The summed E-state index contributed by atoms with van der Waals surface area (Å²) in [7, 11) is 1.98. The van der Waals surface area contributed by atoms with Gasteiger partial charge in [-0.3, -0.25) is 0 Å². The van der Waals surface area contributed by atoms with Crippen LogP contribution in [0.5, 0.6) is 0 Å². The summed E-state index contributed by atoms with van der Waals surface area (Å²) in [6, 6.07) is 0.351. The molecule has 1 atom stereocenters. The first-order chi connectivity index (χ1) is 5.55. The molecule has 1 heterocycles. The average molecular weight is 184 g/mol. The molecule has 1 N–H and O–H groups in total. The van der Waals surface area contributed by atoms with Gasteiger partial charge in [0.15, 0.2) is 0 Å². The molecule has 3 heteroatoms. The van der Waals surface area contributed by atoms with Gasteiger partial charge in [0.25, 0.3) is 0 Å². The molecule has 0 saturated carbocycles. The monoisotopic (exact) mass is 184 g/mol. The van der Waals surface area contributed by atoms with Crippen molar-refractivity contribution in [1.29, 1.82) is 0 Å². The van der Waals surface area contributed by atoms with Crippen molar-refractivity contribution in [3.8, 4) is 0 Å². The fraction of sp³-hybridized carbons (Fsp3) is 0.667. The molecule has 0 saturated heterocycles. The maximum atomic E-state index is 4.31. The van der Waals surface area contributed by atoms with Crippen LogP contribution in [0.1, 0.15) is 32.5 Å². The number of thiazole rings is 1. The van der Waals surface area contributed by atoms with Gasteiger partial charge >= 0.3 is 0 Å². The number of hydrogen-bond acceptors (Lipinski definition) is 3. The Balaban J connectivity index is 2.84.